The van der Waals surface area contributed by atoms with E-state index < -0.39 is 18.0 Å². The number of nitrogens with one attached hydrogen (secondary N) is 1. The molecule has 4 aromatic rings. The average molecular weight is 553 g/mol. The van der Waals surface area contributed by atoms with Gasteiger partial charge in [-0.05, 0) is 73.8 Å². The molecule has 11 nitrogen and oxygen atoms in total. The molecule has 198 valence electrons. The molecular weight excluding hydrogens is 532 g/mol. The number of aliphatic carboxylic acids is 1. The fourth-order valence-corrected chi connectivity index (χ4v) is 4.78. The van der Waals surface area contributed by atoms with Gasteiger partial charge in [0.25, 0.3) is 0 Å². The number of pyridine rings is 1. The van der Waals surface area contributed by atoms with Gasteiger partial charge in [0.2, 0.25) is 5.91 Å². The van der Waals surface area contributed by atoms with Gasteiger partial charge in [0.1, 0.15) is 5.03 Å². The van der Waals surface area contributed by atoms with Crippen molar-refractivity contribution in [1.29, 1.82) is 0 Å². The fourth-order valence-electron chi connectivity index (χ4n) is 3.82. The highest BCUT2D eigenvalue weighted by Gasteiger charge is 2.27. The number of hydrogen-bond donors (Lipinski definition) is 3. The molecule has 0 saturated carbocycles. The Kier molecular flexibility index (Phi) is 8.19. The number of anilines is 1. The third-order valence-corrected chi connectivity index (χ3v) is 6.72. The number of benzene rings is 1. The zero-order valence-corrected chi connectivity index (χ0v) is 22.2. The summed E-state index contributed by atoms with van der Waals surface area (Å²) in [6.07, 6.45) is 1.63. The van der Waals surface area contributed by atoms with E-state index in [1.165, 1.54) is 35.7 Å². The highest BCUT2D eigenvalue weighted by atomic mass is 32.2. The van der Waals surface area contributed by atoms with Crippen LogP contribution in [0.3, 0.4) is 0 Å². The van der Waals surface area contributed by atoms with Crippen molar-refractivity contribution in [2.45, 2.75) is 36.7 Å². The third kappa shape index (κ3) is 5.97. The molecular formula is C28H20N6O5S. The Labute approximate surface area is 232 Å². The lowest BCUT2D eigenvalue weighted by molar-refractivity contribution is -0.130. The van der Waals surface area contributed by atoms with E-state index in [0.29, 0.717) is 27.7 Å². The molecule has 40 heavy (non-hydrogen) atoms. The van der Waals surface area contributed by atoms with Gasteiger partial charge >= 0.3 is 11.9 Å². The molecule has 1 amide bonds. The van der Waals surface area contributed by atoms with Crippen LogP contribution in [0.4, 0.5) is 5.69 Å². The van der Waals surface area contributed by atoms with E-state index in [-0.39, 0.29) is 11.5 Å². The van der Waals surface area contributed by atoms with Crippen LogP contribution in [0.15, 0.2) is 52.5 Å². The topological polar surface area (TPSA) is 154 Å². The zero-order valence-electron chi connectivity index (χ0n) is 21.4. The molecule has 0 spiro atoms. The molecule has 0 radical (unpaired) electrons. The molecule has 12 heteroatoms. The number of carboxylic acids is 2. The van der Waals surface area contributed by atoms with E-state index in [0.717, 1.165) is 10.6 Å². The summed E-state index contributed by atoms with van der Waals surface area (Å²) in [6, 6.07) is 9.06. The largest absolute Gasteiger partial charge is 0.478 e. The highest BCUT2D eigenvalue weighted by molar-refractivity contribution is 7.99. The van der Waals surface area contributed by atoms with Crippen molar-refractivity contribution < 1.29 is 24.6 Å². The maximum absolute atomic E-state index is 12.7. The molecule has 0 fully saturated rings. The number of aryl methyl sites for hydroxylation is 1. The van der Waals surface area contributed by atoms with Crippen molar-refractivity contribution >= 4 is 40.9 Å². The lowest BCUT2D eigenvalue weighted by atomic mass is 10.1. The summed E-state index contributed by atoms with van der Waals surface area (Å²) in [7, 11) is 0. The number of carbonyl (C=O) groups is 3. The maximum Gasteiger partial charge on any atom is 0.382 e. The Bertz CT molecular complexity index is 1840. The minimum absolute atomic E-state index is 0.0604. The van der Waals surface area contributed by atoms with Crippen molar-refractivity contribution in [2.24, 2.45) is 0 Å². The van der Waals surface area contributed by atoms with Crippen LogP contribution in [0.5, 0.6) is 0 Å². The predicted octanol–water partition coefficient (Wildman–Crippen LogP) is 3.17. The summed E-state index contributed by atoms with van der Waals surface area (Å²) in [5, 5.41) is 30.4. The first-order valence-electron chi connectivity index (χ1n) is 11.6. The van der Waals surface area contributed by atoms with Gasteiger partial charge in [-0.2, -0.15) is 0 Å². The van der Waals surface area contributed by atoms with Gasteiger partial charge in [0.05, 0.1) is 22.1 Å². The summed E-state index contributed by atoms with van der Waals surface area (Å²) in [5.74, 6) is 12.3. The zero-order chi connectivity index (χ0) is 28.8. The third-order valence-electron chi connectivity index (χ3n) is 5.51. The van der Waals surface area contributed by atoms with E-state index in [1.807, 2.05) is 12.8 Å². The Hall–Kier alpha value is -5.51. The first-order valence-corrected chi connectivity index (χ1v) is 12.4. The van der Waals surface area contributed by atoms with Crippen LogP contribution < -0.4 is 4.90 Å². The monoisotopic (exact) mass is 552 g/mol. The fraction of sp³-hybridized carbons (Fsp3) is 0.143. The van der Waals surface area contributed by atoms with Crippen LogP contribution >= 0.6 is 11.8 Å². The molecule has 3 aromatic heterocycles. The van der Waals surface area contributed by atoms with Gasteiger partial charge in [0, 0.05) is 30.4 Å². The number of carboxylic acid groups (broad SMARTS) is 2. The second-order valence-electron chi connectivity index (χ2n) is 8.22. The average Bonchev–Trinajstić information content (AvgIpc) is 3.45. The van der Waals surface area contributed by atoms with E-state index in [9.17, 15) is 19.5 Å². The van der Waals surface area contributed by atoms with Gasteiger partial charge in [-0.1, -0.05) is 17.8 Å². The normalized spacial score (nSPS) is 10.8. The summed E-state index contributed by atoms with van der Waals surface area (Å²) in [5.41, 5.74) is 2.37. The maximum atomic E-state index is 12.7. The predicted molar refractivity (Wildman–Crippen MR) is 145 cm³/mol. The second-order valence-corrected chi connectivity index (χ2v) is 9.22. The van der Waals surface area contributed by atoms with Crippen LogP contribution in [0, 0.1) is 42.4 Å². The number of aromatic amines is 1. The van der Waals surface area contributed by atoms with Gasteiger partial charge < -0.3 is 15.1 Å². The smallest absolute Gasteiger partial charge is 0.382 e. The lowest BCUT2D eigenvalue weighted by Gasteiger charge is -2.27. The quantitative estimate of drug-likeness (QED) is 0.306. The number of carbonyl (C=O) groups excluding carboxylic acids is 1. The molecule has 0 bridgehead atoms. The second kappa shape index (κ2) is 11.9. The van der Waals surface area contributed by atoms with Crippen molar-refractivity contribution in [3.8, 4) is 35.5 Å². The number of hydrogen-bond acceptors (Lipinski definition) is 7. The molecule has 0 aliphatic rings. The van der Waals surface area contributed by atoms with Crippen molar-refractivity contribution in [3.05, 3.63) is 65.2 Å². The first-order chi connectivity index (χ1) is 19.2. The summed E-state index contributed by atoms with van der Waals surface area (Å²) in [4.78, 5) is 41.2. The molecule has 0 aliphatic heterocycles. The van der Waals surface area contributed by atoms with E-state index in [4.69, 9.17) is 5.11 Å². The van der Waals surface area contributed by atoms with Crippen molar-refractivity contribution in [2.75, 3.05) is 4.90 Å². The van der Waals surface area contributed by atoms with E-state index in [2.05, 4.69) is 49.9 Å². The molecule has 4 rings (SSSR count). The van der Waals surface area contributed by atoms with Crippen LogP contribution in [0.25, 0.3) is 5.65 Å². The summed E-state index contributed by atoms with van der Waals surface area (Å²) < 4.78 is 1.68. The summed E-state index contributed by atoms with van der Waals surface area (Å²) in [6.45, 7) is 5.05. The van der Waals surface area contributed by atoms with Crippen molar-refractivity contribution in [1.82, 2.24) is 24.8 Å². The van der Waals surface area contributed by atoms with Crippen LogP contribution in [-0.4, -0.2) is 52.9 Å². The van der Waals surface area contributed by atoms with Crippen LogP contribution in [-0.2, 0) is 9.59 Å². The molecule has 0 aliphatic carbocycles. The number of aromatic nitrogens is 5. The van der Waals surface area contributed by atoms with Gasteiger partial charge in [0.15, 0.2) is 11.5 Å². The molecule has 3 N–H and O–H groups in total. The Morgan fingerprint density at radius 2 is 1.85 bits per heavy atom. The molecule has 3 heterocycles. The molecule has 1 aromatic carbocycles. The lowest BCUT2D eigenvalue weighted by Crippen LogP contribution is -2.32. The number of rotatable bonds is 6. The minimum atomic E-state index is -1.27. The number of amides is 1. The van der Waals surface area contributed by atoms with E-state index in [1.54, 1.807) is 41.9 Å². The molecule has 1 unspecified atom stereocenters. The Balaban J connectivity index is 1.67. The van der Waals surface area contributed by atoms with Crippen LogP contribution in [0.1, 0.15) is 47.3 Å². The minimum Gasteiger partial charge on any atom is -0.478 e. The van der Waals surface area contributed by atoms with E-state index >= 15 is 0 Å². The molecule has 1 atom stereocenters. The Morgan fingerprint density at radius 3 is 2.58 bits per heavy atom. The number of H-pyrrole nitrogens is 1. The SMILES string of the molecule is CC(=O)N(c1cccc(C(=O)O)c1)C(C)c1nnc2c(Sc3ncccc3C#CC#CC#CC(=O)O)c(C)[nH]n12. The highest BCUT2D eigenvalue weighted by Crippen LogP contribution is 2.35. The van der Waals surface area contributed by atoms with Gasteiger partial charge in [-0.15, -0.1) is 10.2 Å². The van der Waals surface area contributed by atoms with Crippen molar-refractivity contribution in [3.63, 3.8) is 0 Å². The summed E-state index contributed by atoms with van der Waals surface area (Å²) >= 11 is 1.32. The number of fused-ring (bicyclic) bond motifs is 1. The van der Waals surface area contributed by atoms with Gasteiger partial charge in [-0.3, -0.25) is 9.89 Å². The Morgan fingerprint density at radius 1 is 1.07 bits per heavy atom. The number of nitrogens with zero attached hydrogens (tertiary/aromatic N) is 5. The first kappa shape index (κ1) is 27.5. The van der Waals surface area contributed by atoms with Gasteiger partial charge in [-0.25, -0.2) is 19.1 Å². The molecule has 0 saturated heterocycles. The number of aromatic carboxylic acids is 1. The van der Waals surface area contributed by atoms with Crippen LogP contribution in [0.2, 0.25) is 0 Å². The standard InChI is InChI=1S/C28H20N6O5S/c1-17-24(40-27-20(12-9-15-29-27)10-6-4-5-7-14-23(36)37)26-31-30-25(34(26)32-17)18(2)33(19(3)35)22-13-8-11-21(16-22)28(38)39/h8-9,11-13,15-16,18,32H,1-3H3,(H,36,37)(H,38,39).